The lowest BCUT2D eigenvalue weighted by molar-refractivity contribution is 0.0564. The average Bonchev–Trinajstić information content (AvgIpc) is 2.83. The molecular formula is C25H33FN2O3. The number of hydrogen-bond acceptors (Lipinski definition) is 5. The fraction of sp³-hybridized carbons (Fsp3) is 0.520. The zero-order valence-electron chi connectivity index (χ0n) is 18.8. The van der Waals surface area contributed by atoms with Crippen LogP contribution in [0.3, 0.4) is 0 Å². The van der Waals surface area contributed by atoms with Gasteiger partial charge in [-0.2, -0.15) is 0 Å². The van der Waals surface area contributed by atoms with Crippen molar-refractivity contribution in [3.63, 3.8) is 0 Å². The number of aromatic nitrogens is 1. The minimum absolute atomic E-state index is 0.359. The third kappa shape index (κ3) is 6.26. The lowest BCUT2D eigenvalue weighted by atomic mass is 9.94. The first-order chi connectivity index (χ1) is 15.0. The fourth-order valence-corrected chi connectivity index (χ4v) is 3.97. The molecule has 1 aliphatic heterocycles. The largest absolute Gasteiger partial charge is 0.477 e. The number of ether oxygens (including phenoxy) is 2. The molecule has 2 heterocycles. The number of pyridine rings is 1. The van der Waals surface area contributed by atoms with Crippen molar-refractivity contribution in [1.82, 2.24) is 9.88 Å². The van der Waals surface area contributed by atoms with Gasteiger partial charge in [0.2, 0.25) is 5.88 Å². The second-order valence-electron chi connectivity index (χ2n) is 8.35. The minimum Gasteiger partial charge on any atom is -0.477 e. The Morgan fingerprint density at radius 1 is 1.16 bits per heavy atom. The average molecular weight is 429 g/mol. The highest BCUT2D eigenvalue weighted by Crippen LogP contribution is 2.26. The van der Waals surface area contributed by atoms with E-state index in [0.29, 0.717) is 43.4 Å². The molecule has 168 valence electrons. The summed E-state index contributed by atoms with van der Waals surface area (Å²) in [6.45, 7) is 6.86. The normalized spacial score (nSPS) is 15.6. The third-order valence-electron chi connectivity index (χ3n) is 6.30. The molecule has 1 aromatic heterocycles. The first kappa shape index (κ1) is 23.2. The zero-order valence-corrected chi connectivity index (χ0v) is 18.8. The third-order valence-corrected chi connectivity index (χ3v) is 6.30. The summed E-state index contributed by atoms with van der Waals surface area (Å²) in [5, 5.41) is 0. The Morgan fingerprint density at radius 2 is 1.90 bits per heavy atom. The van der Waals surface area contributed by atoms with E-state index in [2.05, 4.69) is 9.88 Å². The molecule has 0 unspecified atom stereocenters. The summed E-state index contributed by atoms with van der Waals surface area (Å²) in [6, 6.07) is 11.1. The number of rotatable bonds is 9. The molecule has 0 atom stereocenters. The number of nitrogens with zero attached hydrogens (tertiary/aromatic N) is 2. The second-order valence-corrected chi connectivity index (χ2v) is 8.35. The zero-order chi connectivity index (χ0) is 22.3. The standard InChI is InChI=1S/C25H33FN2O3/c1-4-25(26,5-2)18-28-13-11-19(12-14-28)17-31-23-10-9-22(16-27-23)20-7-6-8-21(15-20)24(29)30-3/h6-10,15-16,19H,4-5,11-14,17-18H2,1-3H3. The molecule has 0 aliphatic carbocycles. The minimum atomic E-state index is -1.06. The van der Waals surface area contributed by atoms with Crippen molar-refractivity contribution < 1.29 is 18.7 Å². The Balaban J connectivity index is 1.49. The number of hydrogen-bond donors (Lipinski definition) is 0. The molecular weight excluding hydrogens is 395 g/mol. The van der Waals surface area contributed by atoms with Crippen LogP contribution in [0.4, 0.5) is 4.39 Å². The van der Waals surface area contributed by atoms with Gasteiger partial charge in [0, 0.05) is 24.4 Å². The van der Waals surface area contributed by atoms with Gasteiger partial charge >= 0.3 is 5.97 Å². The van der Waals surface area contributed by atoms with Crippen molar-refractivity contribution >= 4 is 5.97 Å². The van der Waals surface area contributed by atoms with Gasteiger partial charge in [-0.15, -0.1) is 0 Å². The first-order valence-corrected chi connectivity index (χ1v) is 11.1. The summed E-state index contributed by atoms with van der Waals surface area (Å²) in [4.78, 5) is 18.4. The number of methoxy groups -OCH3 is 1. The van der Waals surface area contributed by atoms with Crippen LogP contribution in [0.25, 0.3) is 11.1 Å². The van der Waals surface area contributed by atoms with Gasteiger partial charge in [0.15, 0.2) is 0 Å². The molecule has 0 N–H and O–H groups in total. The molecule has 1 aliphatic rings. The number of alkyl halides is 1. The van der Waals surface area contributed by atoms with Crippen LogP contribution in [0.1, 0.15) is 49.9 Å². The highest BCUT2D eigenvalue weighted by atomic mass is 19.1. The summed E-state index contributed by atoms with van der Waals surface area (Å²) in [6.07, 6.45) is 4.93. The van der Waals surface area contributed by atoms with Crippen LogP contribution in [0.2, 0.25) is 0 Å². The molecule has 3 rings (SSSR count). The maximum Gasteiger partial charge on any atom is 0.337 e. The number of likely N-dealkylation sites (tertiary alicyclic amines) is 1. The summed E-state index contributed by atoms with van der Waals surface area (Å²) < 4.78 is 25.3. The van der Waals surface area contributed by atoms with Crippen LogP contribution in [-0.4, -0.2) is 54.9 Å². The van der Waals surface area contributed by atoms with E-state index >= 15 is 0 Å². The van der Waals surface area contributed by atoms with Crippen LogP contribution in [0.5, 0.6) is 5.88 Å². The van der Waals surface area contributed by atoms with E-state index < -0.39 is 5.67 Å². The van der Waals surface area contributed by atoms with Gasteiger partial charge in [-0.3, -0.25) is 0 Å². The van der Waals surface area contributed by atoms with Crippen LogP contribution >= 0.6 is 0 Å². The molecule has 2 aromatic rings. The van der Waals surface area contributed by atoms with Gasteiger partial charge < -0.3 is 14.4 Å². The van der Waals surface area contributed by atoms with Gasteiger partial charge in [-0.1, -0.05) is 26.0 Å². The van der Waals surface area contributed by atoms with Crippen molar-refractivity contribution in [3.8, 4) is 17.0 Å². The van der Waals surface area contributed by atoms with E-state index in [1.807, 2.05) is 38.1 Å². The molecule has 0 amide bonds. The predicted octanol–water partition coefficient (Wildman–Crippen LogP) is 5.15. The number of esters is 1. The second kappa shape index (κ2) is 10.7. The highest BCUT2D eigenvalue weighted by Gasteiger charge is 2.30. The molecule has 0 bridgehead atoms. The molecule has 1 fully saturated rings. The molecule has 5 nitrogen and oxygen atoms in total. The Labute approximate surface area is 184 Å². The monoisotopic (exact) mass is 428 g/mol. The Hall–Kier alpha value is -2.47. The SMILES string of the molecule is CCC(F)(CC)CN1CCC(COc2ccc(-c3cccc(C(=O)OC)c3)cn2)CC1. The number of piperidine rings is 1. The van der Waals surface area contributed by atoms with E-state index in [-0.39, 0.29) is 5.97 Å². The van der Waals surface area contributed by atoms with Gasteiger partial charge in [-0.25, -0.2) is 14.2 Å². The van der Waals surface area contributed by atoms with Crippen molar-refractivity contribution in [2.45, 2.75) is 45.2 Å². The number of halogens is 1. The number of benzene rings is 1. The molecule has 1 saturated heterocycles. The lowest BCUT2D eigenvalue weighted by Gasteiger charge is -2.36. The summed E-state index contributed by atoms with van der Waals surface area (Å²) >= 11 is 0. The maximum absolute atomic E-state index is 14.6. The smallest absolute Gasteiger partial charge is 0.337 e. The summed E-state index contributed by atoms with van der Waals surface area (Å²) in [7, 11) is 1.37. The Kier molecular flexibility index (Phi) is 8.02. The van der Waals surface area contributed by atoms with E-state index in [1.54, 1.807) is 18.3 Å². The summed E-state index contributed by atoms with van der Waals surface area (Å²) in [5.74, 6) is 0.698. The molecule has 31 heavy (non-hydrogen) atoms. The van der Waals surface area contributed by atoms with Crippen molar-refractivity contribution in [1.29, 1.82) is 0 Å². The van der Waals surface area contributed by atoms with Crippen LogP contribution < -0.4 is 4.74 Å². The van der Waals surface area contributed by atoms with Gasteiger partial charge in [0.05, 0.1) is 19.3 Å². The fourth-order valence-electron chi connectivity index (χ4n) is 3.97. The summed E-state index contributed by atoms with van der Waals surface area (Å²) in [5.41, 5.74) is 1.26. The van der Waals surface area contributed by atoms with Crippen molar-refractivity contribution in [3.05, 3.63) is 48.2 Å². The topological polar surface area (TPSA) is 51.7 Å². The number of carbonyl (C=O) groups excluding carboxylic acids is 1. The maximum atomic E-state index is 14.6. The van der Waals surface area contributed by atoms with Crippen LogP contribution in [-0.2, 0) is 4.74 Å². The van der Waals surface area contributed by atoms with E-state index in [4.69, 9.17) is 9.47 Å². The van der Waals surface area contributed by atoms with E-state index in [9.17, 15) is 9.18 Å². The number of carbonyl (C=O) groups is 1. The van der Waals surface area contributed by atoms with Gasteiger partial charge in [-0.05, 0) is 68.5 Å². The molecule has 1 aromatic carbocycles. The van der Waals surface area contributed by atoms with Gasteiger partial charge in [0.25, 0.3) is 0 Å². The molecule has 0 radical (unpaired) electrons. The van der Waals surface area contributed by atoms with Gasteiger partial charge in [0.1, 0.15) is 5.67 Å². The Morgan fingerprint density at radius 3 is 2.52 bits per heavy atom. The van der Waals surface area contributed by atoms with Crippen molar-refractivity contribution in [2.24, 2.45) is 5.92 Å². The van der Waals surface area contributed by atoms with Crippen LogP contribution in [0.15, 0.2) is 42.6 Å². The predicted molar refractivity (Wildman–Crippen MR) is 120 cm³/mol. The molecule has 0 saturated carbocycles. The first-order valence-electron chi connectivity index (χ1n) is 11.1. The van der Waals surface area contributed by atoms with E-state index in [0.717, 1.165) is 37.1 Å². The highest BCUT2D eigenvalue weighted by molar-refractivity contribution is 5.90. The lowest BCUT2D eigenvalue weighted by Crippen LogP contribution is -2.44. The molecule has 0 spiro atoms. The van der Waals surface area contributed by atoms with Crippen LogP contribution in [0, 0.1) is 5.92 Å². The molecule has 6 heteroatoms. The van der Waals surface area contributed by atoms with Crippen molar-refractivity contribution in [2.75, 3.05) is 33.4 Å². The Bertz CT molecular complexity index is 844. The van der Waals surface area contributed by atoms with E-state index in [1.165, 1.54) is 7.11 Å². The quantitative estimate of drug-likeness (QED) is 0.517.